The predicted molar refractivity (Wildman–Crippen MR) is 86.5 cm³/mol. The van der Waals surface area contributed by atoms with Crippen LogP contribution in [0.3, 0.4) is 0 Å². The first-order valence-corrected chi connectivity index (χ1v) is 7.57. The number of aliphatic carboxylic acids is 1. The van der Waals surface area contributed by atoms with Crippen LogP contribution in [0, 0.1) is 3.57 Å². The van der Waals surface area contributed by atoms with Gasteiger partial charge >= 0.3 is 5.97 Å². The van der Waals surface area contributed by atoms with Crippen molar-refractivity contribution in [3.63, 3.8) is 0 Å². The molecule has 1 aliphatic rings. The zero-order valence-corrected chi connectivity index (χ0v) is 13.5. The zero-order chi connectivity index (χ0) is 15.7. The number of carboxylic acid groups (broad SMARTS) is 1. The average Bonchev–Trinajstić information content (AvgIpc) is 2.93. The summed E-state index contributed by atoms with van der Waals surface area (Å²) in [6, 6.07) is 10.3. The third-order valence-corrected chi connectivity index (χ3v) is 4.24. The van der Waals surface area contributed by atoms with Gasteiger partial charge in [0.1, 0.15) is 0 Å². The molecule has 6 heteroatoms. The topological polar surface area (TPSA) is 72.8 Å². The summed E-state index contributed by atoms with van der Waals surface area (Å²) in [4.78, 5) is 23.8. The van der Waals surface area contributed by atoms with Gasteiger partial charge in [0.25, 0.3) is 0 Å². The lowest BCUT2D eigenvalue weighted by atomic mass is 9.96. The van der Waals surface area contributed by atoms with E-state index < -0.39 is 5.97 Å². The van der Waals surface area contributed by atoms with E-state index in [0.717, 1.165) is 3.57 Å². The second-order valence-electron chi connectivity index (χ2n) is 4.74. The molecule has 5 nitrogen and oxygen atoms in total. The van der Waals surface area contributed by atoms with E-state index in [1.807, 2.05) is 12.1 Å². The summed E-state index contributed by atoms with van der Waals surface area (Å²) in [6.07, 6.45) is -0.249. The molecule has 0 bridgehead atoms. The number of hydrogen-bond donors (Lipinski definition) is 1. The van der Waals surface area contributed by atoms with Crippen molar-refractivity contribution in [1.29, 1.82) is 0 Å². The van der Waals surface area contributed by atoms with Gasteiger partial charge in [0.15, 0.2) is 17.3 Å². The summed E-state index contributed by atoms with van der Waals surface area (Å²) in [7, 11) is 0. The monoisotopic (exact) mass is 410 g/mol. The molecule has 0 fully saturated rings. The molecule has 0 atom stereocenters. The fourth-order valence-electron chi connectivity index (χ4n) is 2.30. The highest BCUT2D eigenvalue weighted by molar-refractivity contribution is 14.1. The Morgan fingerprint density at radius 1 is 1.09 bits per heavy atom. The fraction of sp³-hybridized carbons (Fsp3) is 0.125. The largest absolute Gasteiger partial charge is 0.481 e. The van der Waals surface area contributed by atoms with Crippen LogP contribution in [-0.4, -0.2) is 23.7 Å². The Hall–Kier alpha value is -2.09. The quantitative estimate of drug-likeness (QED) is 0.620. The maximum absolute atomic E-state index is 12.8. The molecule has 1 aliphatic heterocycles. The van der Waals surface area contributed by atoms with Gasteiger partial charge in [-0.2, -0.15) is 0 Å². The molecule has 0 amide bonds. The van der Waals surface area contributed by atoms with Gasteiger partial charge < -0.3 is 14.6 Å². The predicted octanol–water partition coefficient (Wildman–Crippen LogP) is 2.88. The number of fused-ring (bicyclic) bond motifs is 1. The average molecular weight is 410 g/mol. The second kappa shape index (κ2) is 5.96. The van der Waals surface area contributed by atoms with Crippen LogP contribution in [0.15, 0.2) is 36.4 Å². The van der Waals surface area contributed by atoms with Crippen LogP contribution in [0.25, 0.3) is 0 Å². The van der Waals surface area contributed by atoms with Crippen molar-refractivity contribution in [2.75, 3.05) is 6.79 Å². The lowest BCUT2D eigenvalue weighted by molar-refractivity contribution is -0.136. The Kier molecular flexibility index (Phi) is 4.02. The first-order valence-electron chi connectivity index (χ1n) is 6.50. The van der Waals surface area contributed by atoms with E-state index in [-0.39, 0.29) is 19.0 Å². The maximum Gasteiger partial charge on any atom is 0.307 e. The van der Waals surface area contributed by atoms with Crippen LogP contribution in [0.4, 0.5) is 0 Å². The van der Waals surface area contributed by atoms with E-state index in [1.54, 1.807) is 24.3 Å². The molecule has 112 valence electrons. The van der Waals surface area contributed by atoms with E-state index in [4.69, 9.17) is 14.6 Å². The molecule has 0 saturated heterocycles. The smallest absolute Gasteiger partial charge is 0.307 e. The van der Waals surface area contributed by atoms with Gasteiger partial charge in [-0.1, -0.05) is 12.1 Å². The number of benzene rings is 2. The number of hydrogen-bond acceptors (Lipinski definition) is 4. The molecule has 0 aromatic heterocycles. The molecule has 1 N–H and O–H groups in total. The number of ketones is 1. The SMILES string of the molecule is O=C(O)Cc1cc2c(cc1C(=O)c1ccccc1I)OCO2. The summed E-state index contributed by atoms with van der Waals surface area (Å²) >= 11 is 2.08. The molecule has 2 aromatic rings. The number of carboxylic acids is 1. The second-order valence-corrected chi connectivity index (χ2v) is 5.90. The normalized spacial score (nSPS) is 12.2. The van der Waals surface area contributed by atoms with E-state index in [1.165, 1.54) is 0 Å². The highest BCUT2D eigenvalue weighted by atomic mass is 127. The van der Waals surface area contributed by atoms with Gasteiger partial charge in [-0.25, -0.2) is 0 Å². The highest BCUT2D eigenvalue weighted by Gasteiger charge is 2.23. The highest BCUT2D eigenvalue weighted by Crippen LogP contribution is 2.36. The summed E-state index contributed by atoms with van der Waals surface area (Å²) < 4.78 is 11.4. The fourth-order valence-corrected chi connectivity index (χ4v) is 2.93. The van der Waals surface area contributed by atoms with Crippen LogP contribution in [-0.2, 0) is 11.2 Å². The van der Waals surface area contributed by atoms with E-state index in [0.29, 0.717) is 28.2 Å². The van der Waals surface area contributed by atoms with E-state index in [9.17, 15) is 9.59 Å². The van der Waals surface area contributed by atoms with Gasteiger partial charge in [0, 0.05) is 14.7 Å². The zero-order valence-electron chi connectivity index (χ0n) is 11.3. The Morgan fingerprint density at radius 3 is 2.45 bits per heavy atom. The molecule has 0 aliphatic carbocycles. The lowest BCUT2D eigenvalue weighted by Gasteiger charge is -2.10. The van der Waals surface area contributed by atoms with Crippen LogP contribution in [0.1, 0.15) is 21.5 Å². The Balaban J connectivity index is 2.10. The van der Waals surface area contributed by atoms with Crippen molar-refractivity contribution in [1.82, 2.24) is 0 Å². The van der Waals surface area contributed by atoms with Gasteiger partial charge in [-0.3, -0.25) is 9.59 Å². The van der Waals surface area contributed by atoms with Crippen LogP contribution in [0.2, 0.25) is 0 Å². The van der Waals surface area contributed by atoms with Crippen molar-refractivity contribution in [2.45, 2.75) is 6.42 Å². The summed E-state index contributed by atoms with van der Waals surface area (Å²) in [6.45, 7) is 0.0718. The van der Waals surface area contributed by atoms with Gasteiger partial charge in [0.2, 0.25) is 6.79 Å². The minimum Gasteiger partial charge on any atom is -0.481 e. The molecule has 0 saturated carbocycles. The molecule has 22 heavy (non-hydrogen) atoms. The Morgan fingerprint density at radius 2 is 1.77 bits per heavy atom. The van der Waals surface area contributed by atoms with E-state index >= 15 is 0 Å². The molecule has 0 radical (unpaired) electrons. The molecular weight excluding hydrogens is 399 g/mol. The number of carbonyl (C=O) groups excluding carboxylic acids is 1. The van der Waals surface area contributed by atoms with Crippen LogP contribution in [0.5, 0.6) is 11.5 Å². The summed E-state index contributed by atoms with van der Waals surface area (Å²) in [5.41, 5.74) is 1.28. The number of halogens is 1. The van der Waals surface area contributed by atoms with Crippen molar-refractivity contribution in [3.8, 4) is 11.5 Å². The standard InChI is InChI=1S/C16H11IO5/c17-12-4-2-1-3-10(12)16(20)11-7-14-13(21-8-22-14)5-9(11)6-15(18)19/h1-5,7H,6,8H2,(H,18,19). The minimum atomic E-state index is -1.00. The number of ether oxygens (including phenoxy) is 2. The lowest BCUT2D eigenvalue weighted by Crippen LogP contribution is -2.10. The minimum absolute atomic E-state index is 0.0718. The van der Waals surface area contributed by atoms with Crippen LogP contribution < -0.4 is 9.47 Å². The summed E-state index contributed by atoms with van der Waals surface area (Å²) in [5, 5.41) is 9.06. The van der Waals surface area contributed by atoms with Crippen molar-refractivity contribution in [3.05, 3.63) is 56.7 Å². The van der Waals surface area contributed by atoms with Crippen LogP contribution >= 0.6 is 22.6 Å². The van der Waals surface area contributed by atoms with E-state index in [2.05, 4.69) is 22.6 Å². The molecule has 1 heterocycles. The molecule has 3 rings (SSSR count). The number of rotatable bonds is 4. The first-order chi connectivity index (χ1) is 10.6. The van der Waals surface area contributed by atoms with Gasteiger partial charge in [0.05, 0.1) is 6.42 Å². The van der Waals surface area contributed by atoms with Crippen molar-refractivity contribution < 1.29 is 24.2 Å². The Bertz CT molecular complexity index is 769. The summed E-state index contributed by atoms with van der Waals surface area (Å²) in [5.74, 6) is -0.297. The molecule has 0 spiro atoms. The van der Waals surface area contributed by atoms with Gasteiger partial charge in [-0.05, 0) is 52.4 Å². The molecule has 2 aromatic carbocycles. The van der Waals surface area contributed by atoms with Crippen molar-refractivity contribution in [2.24, 2.45) is 0 Å². The molecular formula is C16H11IO5. The maximum atomic E-state index is 12.8. The third-order valence-electron chi connectivity index (χ3n) is 3.30. The Labute approximate surface area is 140 Å². The van der Waals surface area contributed by atoms with Gasteiger partial charge in [-0.15, -0.1) is 0 Å². The number of carbonyl (C=O) groups is 2. The van der Waals surface area contributed by atoms with Crippen molar-refractivity contribution >= 4 is 34.3 Å². The third kappa shape index (κ3) is 2.78. The first kappa shape index (κ1) is 14.8. The molecule has 0 unspecified atom stereocenters.